The first kappa shape index (κ1) is 14.2. The van der Waals surface area contributed by atoms with Crippen LogP contribution < -0.4 is 14.8 Å². The number of benzene rings is 1. The smallest absolute Gasteiger partial charge is 0.161 e. The molecule has 3 nitrogen and oxygen atoms in total. The van der Waals surface area contributed by atoms with Crippen molar-refractivity contribution in [3.05, 3.63) is 23.8 Å². The van der Waals surface area contributed by atoms with Crippen molar-refractivity contribution < 1.29 is 9.47 Å². The maximum absolute atomic E-state index is 5.33. The monoisotopic (exact) mass is 263 g/mol. The summed E-state index contributed by atoms with van der Waals surface area (Å²) in [6.07, 6.45) is 0. The fraction of sp³-hybridized carbons (Fsp3) is 0.625. The summed E-state index contributed by atoms with van der Waals surface area (Å²) in [6, 6.07) is 6.64. The minimum absolute atomic E-state index is 0.365. The van der Waals surface area contributed by atoms with Crippen LogP contribution in [-0.2, 0) is 6.54 Å². The van der Waals surface area contributed by atoms with E-state index < -0.39 is 0 Å². The van der Waals surface area contributed by atoms with Gasteiger partial charge in [-0.1, -0.05) is 33.8 Å². The summed E-state index contributed by atoms with van der Waals surface area (Å²) < 4.78 is 10.6. The molecule has 19 heavy (non-hydrogen) atoms. The van der Waals surface area contributed by atoms with E-state index in [1.54, 1.807) is 14.2 Å². The largest absolute Gasteiger partial charge is 0.493 e. The van der Waals surface area contributed by atoms with E-state index in [1.165, 1.54) is 5.56 Å². The zero-order valence-corrected chi connectivity index (χ0v) is 12.8. The van der Waals surface area contributed by atoms with Crippen LogP contribution in [0, 0.1) is 10.8 Å². The second-order valence-electron chi connectivity index (χ2n) is 6.45. The van der Waals surface area contributed by atoms with Gasteiger partial charge in [-0.05, 0) is 28.5 Å². The lowest BCUT2D eigenvalue weighted by molar-refractivity contribution is 0.354. The van der Waals surface area contributed by atoms with Crippen molar-refractivity contribution in [2.24, 2.45) is 10.8 Å². The maximum Gasteiger partial charge on any atom is 0.161 e. The standard InChI is InChI=1S/C16H25NO2/c1-15(2)14(16(15,3)4)17-10-11-7-8-12(18-5)13(9-11)19-6/h7-9,14,17H,10H2,1-6H3. The van der Waals surface area contributed by atoms with E-state index in [9.17, 15) is 0 Å². The second-order valence-corrected chi connectivity index (χ2v) is 6.45. The number of hydrogen-bond acceptors (Lipinski definition) is 3. The quantitative estimate of drug-likeness (QED) is 0.884. The van der Waals surface area contributed by atoms with E-state index in [4.69, 9.17) is 9.47 Å². The number of methoxy groups -OCH3 is 2. The molecule has 1 saturated carbocycles. The molecule has 1 aliphatic carbocycles. The maximum atomic E-state index is 5.33. The van der Waals surface area contributed by atoms with E-state index in [0.717, 1.165) is 18.0 Å². The molecule has 0 saturated heterocycles. The molecular weight excluding hydrogens is 238 g/mol. The first-order valence-corrected chi connectivity index (χ1v) is 6.79. The average Bonchev–Trinajstić information content (AvgIpc) is 2.76. The highest BCUT2D eigenvalue weighted by Gasteiger charge is 2.64. The Kier molecular flexibility index (Phi) is 3.52. The van der Waals surface area contributed by atoms with Gasteiger partial charge in [-0.3, -0.25) is 0 Å². The van der Waals surface area contributed by atoms with Crippen molar-refractivity contribution in [2.75, 3.05) is 14.2 Å². The van der Waals surface area contributed by atoms with Crippen molar-refractivity contribution in [3.63, 3.8) is 0 Å². The predicted molar refractivity (Wildman–Crippen MR) is 77.7 cm³/mol. The molecule has 0 heterocycles. The van der Waals surface area contributed by atoms with Crippen LogP contribution in [0.4, 0.5) is 0 Å². The minimum atomic E-state index is 0.365. The van der Waals surface area contributed by atoms with E-state index >= 15 is 0 Å². The van der Waals surface area contributed by atoms with Gasteiger partial charge in [-0.2, -0.15) is 0 Å². The molecule has 1 aromatic carbocycles. The fourth-order valence-corrected chi connectivity index (χ4v) is 2.92. The average molecular weight is 263 g/mol. The van der Waals surface area contributed by atoms with E-state index in [0.29, 0.717) is 16.9 Å². The summed E-state index contributed by atoms with van der Waals surface area (Å²) in [5.74, 6) is 1.56. The molecule has 0 aliphatic heterocycles. The highest BCUT2D eigenvalue weighted by molar-refractivity contribution is 5.42. The van der Waals surface area contributed by atoms with Gasteiger partial charge < -0.3 is 14.8 Å². The van der Waals surface area contributed by atoms with Crippen molar-refractivity contribution in [1.29, 1.82) is 0 Å². The van der Waals surface area contributed by atoms with Crippen LogP contribution in [0.1, 0.15) is 33.3 Å². The molecule has 0 unspecified atom stereocenters. The fourth-order valence-electron chi connectivity index (χ4n) is 2.92. The number of hydrogen-bond donors (Lipinski definition) is 1. The Balaban J connectivity index is 2.02. The molecule has 0 amide bonds. The topological polar surface area (TPSA) is 30.5 Å². The normalized spacial score (nSPS) is 20.1. The van der Waals surface area contributed by atoms with Crippen LogP contribution in [-0.4, -0.2) is 20.3 Å². The molecule has 1 aliphatic rings. The van der Waals surface area contributed by atoms with E-state index in [-0.39, 0.29) is 0 Å². The molecule has 0 bridgehead atoms. The first-order chi connectivity index (χ1) is 8.84. The third kappa shape index (κ3) is 2.32. The van der Waals surface area contributed by atoms with Crippen LogP contribution in [0.25, 0.3) is 0 Å². The van der Waals surface area contributed by atoms with Gasteiger partial charge in [-0.25, -0.2) is 0 Å². The lowest BCUT2D eigenvalue weighted by Gasteiger charge is -2.11. The number of rotatable bonds is 5. The van der Waals surface area contributed by atoms with E-state index in [2.05, 4.69) is 39.1 Å². The summed E-state index contributed by atoms with van der Waals surface area (Å²) in [5.41, 5.74) is 1.95. The van der Waals surface area contributed by atoms with Crippen molar-refractivity contribution in [3.8, 4) is 11.5 Å². The summed E-state index contributed by atoms with van der Waals surface area (Å²) in [7, 11) is 3.33. The number of nitrogens with one attached hydrogen (secondary N) is 1. The van der Waals surface area contributed by atoms with Crippen molar-refractivity contribution in [2.45, 2.75) is 40.3 Å². The minimum Gasteiger partial charge on any atom is -0.493 e. The van der Waals surface area contributed by atoms with Crippen LogP contribution in [0.3, 0.4) is 0 Å². The molecule has 2 rings (SSSR count). The van der Waals surface area contributed by atoms with Crippen LogP contribution in [0.2, 0.25) is 0 Å². The highest BCUT2D eigenvalue weighted by atomic mass is 16.5. The van der Waals surface area contributed by atoms with Crippen LogP contribution in [0.15, 0.2) is 18.2 Å². The molecule has 1 N–H and O–H groups in total. The summed E-state index contributed by atoms with van der Waals surface area (Å²) >= 11 is 0. The Morgan fingerprint density at radius 3 is 2.05 bits per heavy atom. The molecule has 3 heteroatoms. The molecule has 0 atom stereocenters. The molecular formula is C16H25NO2. The third-order valence-electron chi connectivity index (χ3n) is 4.98. The molecule has 1 aromatic rings. The zero-order valence-electron chi connectivity index (χ0n) is 12.8. The lowest BCUT2D eigenvalue weighted by Crippen LogP contribution is -2.21. The lowest BCUT2D eigenvalue weighted by atomic mass is 10.0. The Bertz CT molecular complexity index is 452. The molecule has 0 aromatic heterocycles. The summed E-state index contributed by atoms with van der Waals surface area (Å²) in [6.45, 7) is 10.1. The van der Waals surface area contributed by atoms with Gasteiger partial charge in [0.1, 0.15) is 0 Å². The van der Waals surface area contributed by atoms with Gasteiger partial charge in [0.15, 0.2) is 11.5 Å². The van der Waals surface area contributed by atoms with Crippen molar-refractivity contribution in [1.82, 2.24) is 5.32 Å². The van der Waals surface area contributed by atoms with Crippen LogP contribution >= 0.6 is 0 Å². The predicted octanol–water partition coefficient (Wildman–Crippen LogP) is 3.23. The molecule has 106 valence electrons. The highest BCUT2D eigenvalue weighted by Crippen LogP contribution is 2.62. The van der Waals surface area contributed by atoms with Gasteiger partial charge in [0.2, 0.25) is 0 Å². The van der Waals surface area contributed by atoms with Crippen molar-refractivity contribution >= 4 is 0 Å². The SMILES string of the molecule is COc1ccc(CNC2C(C)(C)C2(C)C)cc1OC. The summed E-state index contributed by atoms with van der Waals surface area (Å²) in [5, 5.41) is 3.65. The number of ether oxygens (including phenoxy) is 2. The Labute approximate surface area is 116 Å². The van der Waals surface area contributed by atoms with E-state index in [1.807, 2.05) is 12.1 Å². The van der Waals surface area contributed by atoms with Gasteiger partial charge in [0.25, 0.3) is 0 Å². The third-order valence-corrected chi connectivity index (χ3v) is 4.98. The first-order valence-electron chi connectivity index (χ1n) is 6.79. The Morgan fingerprint density at radius 2 is 1.58 bits per heavy atom. The Hall–Kier alpha value is -1.22. The summed E-state index contributed by atoms with van der Waals surface area (Å²) in [4.78, 5) is 0. The Morgan fingerprint density at radius 1 is 1.00 bits per heavy atom. The van der Waals surface area contributed by atoms with Gasteiger partial charge in [-0.15, -0.1) is 0 Å². The molecule has 1 fully saturated rings. The van der Waals surface area contributed by atoms with Gasteiger partial charge >= 0.3 is 0 Å². The molecule has 0 spiro atoms. The molecule has 0 radical (unpaired) electrons. The zero-order chi connectivity index (χ0) is 14.3. The van der Waals surface area contributed by atoms with Gasteiger partial charge in [0, 0.05) is 12.6 Å². The van der Waals surface area contributed by atoms with Crippen LogP contribution in [0.5, 0.6) is 11.5 Å². The second kappa shape index (κ2) is 4.71. The van der Waals surface area contributed by atoms with Gasteiger partial charge in [0.05, 0.1) is 14.2 Å².